The number of hydrogen-bond donors (Lipinski definition) is 1. The highest BCUT2D eigenvalue weighted by Crippen LogP contribution is 2.41. The maximum atomic E-state index is 12.9. The number of benzene rings is 2. The van der Waals surface area contributed by atoms with Crippen molar-refractivity contribution in [3.63, 3.8) is 0 Å². The van der Waals surface area contributed by atoms with Gasteiger partial charge in [-0.15, -0.1) is 0 Å². The zero-order chi connectivity index (χ0) is 19.3. The van der Waals surface area contributed by atoms with E-state index < -0.39 is 0 Å². The smallest absolute Gasteiger partial charge is 0.258 e. The third-order valence-electron chi connectivity index (χ3n) is 6.76. The number of fused-ring (bicyclic) bond motifs is 1. The summed E-state index contributed by atoms with van der Waals surface area (Å²) in [6.07, 6.45) is 3.34. The molecule has 0 radical (unpaired) electrons. The molecule has 5 rings (SSSR count). The van der Waals surface area contributed by atoms with Gasteiger partial charge in [0.15, 0.2) is 0 Å². The lowest BCUT2D eigenvalue weighted by atomic mass is 9.86. The van der Waals surface area contributed by atoms with Gasteiger partial charge in [-0.2, -0.15) is 0 Å². The van der Waals surface area contributed by atoms with Gasteiger partial charge >= 0.3 is 0 Å². The number of aromatic hydroxyl groups is 1. The second-order valence-electron chi connectivity index (χ2n) is 8.72. The van der Waals surface area contributed by atoms with Crippen LogP contribution in [0.15, 0.2) is 42.5 Å². The second kappa shape index (κ2) is 6.52. The summed E-state index contributed by atoms with van der Waals surface area (Å²) < 4.78 is 0. The van der Waals surface area contributed by atoms with Crippen molar-refractivity contribution in [3.8, 4) is 5.75 Å². The van der Waals surface area contributed by atoms with Crippen LogP contribution in [-0.4, -0.2) is 55.7 Å². The number of carbonyl (C=O) groups is 1. The van der Waals surface area contributed by atoms with Gasteiger partial charge < -0.3 is 19.8 Å². The predicted octanol–water partition coefficient (Wildman–Crippen LogP) is 3.13. The molecule has 0 saturated carbocycles. The van der Waals surface area contributed by atoms with Crippen LogP contribution in [0.1, 0.15) is 28.8 Å². The largest absolute Gasteiger partial charge is 0.508 e. The van der Waals surface area contributed by atoms with Crippen molar-refractivity contribution >= 4 is 17.3 Å². The minimum Gasteiger partial charge on any atom is -0.508 e. The molecule has 3 aliphatic rings. The number of amides is 1. The summed E-state index contributed by atoms with van der Waals surface area (Å²) in [5.41, 5.74) is 4.29. The Morgan fingerprint density at radius 1 is 0.929 bits per heavy atom. The molecule has 2 aromatic rings. The molecular weight excluding hydrogens is 350 g/mol. The Kier molecular flexibility index (Phi) is 4.09. The Morgan fingerprint density at radius 3 is 2.43 bits per heavy atom. The summed E-state index contributed by atoms with van der Waals surface area (Å²) in [5.74, 6) is 0.240. The highest BCUT2D eigenvalue weighted by Gasteiger charge is 2.42. The molecular formula is C23H27N3O2. The maximum Gasteiger partial charge on any atom is 0.258 e. The van der Waals surface area contributed by atoms with E-state index in [1.54, 1.807) is 18.2 Å². The van der Waals surface area contributed by atoms with Crippen molar-refractivity contribution in [3.05, 3.63) is 53.6 Å². The summed E-state index contributed by atoms with van der Waals surface area (Å²) >= 11 is 0. The molecule has 0 aromatic heterocycles. The Bertz CT molecular complexity index is 911. The Hall–Kier alpha value is -2.53. The lowest BCUT2D eigenvalue weighted by Gasteiger charge is -2.29. The van der Waals surface area contributed by atoms with E-state index in [2.05, 4.69) is 41.1 Å². The van der Waals surface area contributed by atoms with Gasteiger partial charge in [-0.05, 0) is 80.9 Å². The standard InChI is InChI=1S/C23H27N3O2/c1-24-12-9-23(15-24)10-13-25(16-23)18-2-4-19(5-3-18)26-11-8-17-14-20(27)6-7-21(17)22(26)28/h2-7,14,27H,8-13,15-16H2,1H3. The molecule has 1 spiro atoms. The molecule has 0 aliphatic carbocycles. The first-order valence-electron chi connectivity index (χ1n) is 10.2. The molecule has 1 amide bonds. The summed E-state index contributed by atoms with van der Waals surface area (Å²) in [7, 11) is 2.22. The predicted molar refractivity (Wildman–Crippen MR) is 111 cm³/mol. The van der Waals surface area contributed by atoms with E-state index in [1.165, 1.54) is 31.6 Å². The van der Waals surface area contributed by atoms with Gasteiger partial charge in [-0.1, -0.05) is 0 Å². The van der Waals surface area contributed by atoms with Crippen LogP contribution in [0.5, 0.6) is 5.75 Å². The fourth-order valence-corrected chi connectivity index (χ4v) is 5.21. The molecule has 28 heavy (non-hydrogen) atoms. The van der Waals surface area contributed by atoms with Crippen LogP contribution in [0.3, 0.4) is 0 Å². The first-order valence-corrected chi connectivity index (χ1v) is 10.2. The molecule has 1 unspecified atom stereocenters. The SMILES string of the molecule is CN1CCC2(CCN(c3ccc(N4CCc5cc(O)ccc5C4=O)cc3)C2)C1. The Labute approximate surface area is 166 Å². The fourth-order valence-electron chi connectivity index (χ4n) is 5.21. The normalized spacial score (nSPS) is 25.0. The molecule has 1 N–H and O–H groups in total. The van der Waals surface area contributed by atoms with Crippen molar-refractivity contribution in [1.29, 1.82) is 0 Å². The van der Waals surface area contributed by atoms with Gasteiger partial charge in [0.1, 0.15) is 5.75 Å². The molecule has 3 heterocycles. The van der Waals surface area contributed by atoms with Crippen molar-refractivity contribution in [2.75, 3.05) is 49.6 Å². The number of carbonyl (C=O) groups excluding carboxylic acids is 1. The van der Waals surface area contributed by atoms with Crippen molar-refractivity contribution in [2.24, 2.45) is 5.41 Å². The average molecular weight is 377 g/mol. The average Bonchev–Trinajstić information content (AvgIpc) is 3.28. The van der Waals surface area contributed by atoms with Gasteiger partial charge in [0.2, 0.25) is 0 Å². The number of nitrogens with zero attached hydrogens (tertiary/aromatic N) is 3. The quantitative estimate of drug-likeness (QED) is 0.874. The second-order valence-corrected chi connectivity index (χ2v) is 8.72. The number of phenolic OH excluding ortho intramolecular Hbond substituents is 1. The number of phenols is 1. The molecule has 0 bridgehead atoms. The zero-order valence-electron chi connectivity index (χ0n) is 16.4. The maximum absolute atomic E-state index is 12.9. The number of anilines is 2. The molecule has 2 aromatic carbocycles. The summed E-state index contributed by atoms with van der Waals surface area (Å²) in [6.45, 7) is 5.32. The molecule has 3 aliphatic heterocycles. The number of likely N-dealkylation sites (tertiary alicyclic amines) is 1. The van der Waals surface area contributed by atoms with E-state index in [0.717, 1.165) is 30.8 Å². The lowest BCUT2D eigenvalue weighted by molar-refractivity contribution is 0.0980. The van der Waals surface area contributed by atoms with Crippen LogP contribution in [0, 0.1) is 5.41 Å². The molecule has 1 atom stereocenters. The molecule has 2 fully saturated rings. The molecule has 5 heteroatoms. The van der Waals surface area contributed by atoms with Crippen molar-refractivity contribution in [1.82, 2.24) is 4.90 Å². The fraction of sp³-hybridized carbons (Fsp3) is 0.435. The van der Waals surface area contributed by atoms with Gasteiger partial charge in [0.25, 0.3) is 5.91 Å². The highest BCUT2D eigenvalue weighted by atomic mass is 16.3. The van der Waals surface area contributed by atoms with E-state index in [-0.39, 0.29) is 11.7 Å². The molecule has 2 saturated heterocycles. The Balaban J connectivity index is 1.32. The first kappa shape index (κ1) is 17.6. The van der Waals surface area contributed by atoms with Crippen molar-refractivity contribution in [2.45, 2.75) is 19.3 Å². The zero-order valence-corrected chi connectivity index (χ0v) is 16.4. The summed E-state index contributed by atoms with van der Waals surface area (Å²) in [6, 6.07) is 13.5. The van der Waals surface area contributed by atoms with Gasteiger partial charge in [0, 0.05) is 48.5 Å². The molecule has 146 valence electrons. The topological polar surface area (TPSA) is 47.0 Å². The van der Waals surface area contributed by atoms with Crippen LogP contribution in [0.25, 0.3) is 0 Å². The van der Waals surface area contributed by atoms with Crippen LogP contribution in [0.4, 0.5) is 11.4 Å². The van der Waals surface area contributed by atoms with Crippen LogP contribution >= 0.6 is 0 Å². The minimum atomic E-state index is 0.0168. The third kappa shape index (κ3) is 2.94. The van der Waals surface area contributed by atoms with E-state index in [1.807, 2.05) is 4.90 Å². The molecule has 5 nitrogen and oxygen atoms in total. The first-order chi connectivity index (χ1) is 13.5. The Morgan fingerprint density at radius 2 is 1.68 bits per heavy atom. The van der Waals surface area contributed by atoms with E-state index >= 15 is 0 Å². The van der Waals surface area contributed by atoms with Gasteiger partial charge in [0.05, 0.1) is 0 Å². The minimum absolute atomic E-state index is 0.0168. The van der Waals surface area contributed by atoms with E-state index in [0.29, 0.717) is 17.5 Å². The van der Waals surface area contributed by atoms with Crippen LogP contribution in [0.2, 0.25) is 0 Å². The third-order valence-corrected chi connectivity index (χ3v) is 6.76. The summed E-state index contributed by atoms with van der Waals surface area (Å²) in [5, 5.41) is 9.65. The lowest BCUT2D eigenvalue weighted by Crippen LogP contribution is -2.37. The highest BCUT2D eigenvalue weighted by molar-refractivity contribution is 6.08. The van der Waals surface area contributed by atoms with Crippen LogP contribution < -0.4 is 9.80 Å². The van der Waals surface area contributed by atoms with Gasteiger partial charge in [-0.3, -0.25) is 4.79 Å². The summed E-state index contributed by atoms with van der Waals surface area (Å²) in [4.78, 5) is 19.7. The van der Waals surface area contributed by atoms with E-state index in [4.69, 9.17) is 0 Å². The van der Waals surface area contributed by atoms with Crippen LogP contribution in [-0.2, 0) is 6.42 Å². The monoisotopic (exact) mass is 377 g/mol. The van der Waals surface area contributed by atoms with E-state index in [9.17, 15) is 9.90 Å². The number of hydrogen-bond acceptors (Lipinski definition) is 4. The number of rotatable bonds is 2. The van der Waals surface area contributed by atoms with Crippen molar-refractivity contribution < 1.29 is 9.90 Å². The van der Waals surface area contributed by atoms with Gasteiger partial charge in [-0.25, -0.2) is 0 Å².